The summed E-state index contributed by atoms with van der Waals surface area (Å²) in [6, 6.07) is 0. The second-order valence-corrected chi connectivity index (χ2v) is 4.10. The van der Waals surface area contributed by atoms with Crippen molar-refractivity contribution in [3.05, 3.63) is 0 Å². The molecule has 1 unspecified atom stereocenters. The van der Waals surface area contributed by atoms with Crippen LogP contribution in [-0.2, 0) is 20.4 Å². The maximum absolute atomic E-state index is 2.72. The van der Waals surface area contributed by atoms with Gasteiger partial charge in [-0.15, -0.1) is 9.24 Å². The van der Waals surface area contributed by atoms with Gasteiger partial charge in [0.1, 0.15) is 0 Å². The molecule has 0 radical (unpaired) electrons. The Morgan fingerprint density at radius 1 is 1.17 bits per heavy atom. The maximum atomic E-state index is 2.72. The van der Waals surface area contributed by atoms with E-state index in [-0.39, 0.29) is 20.4 Å². The van der Waals surface area contributed by atoms with Gasteiger partial charge in [-0.25, -0.2) is 0 Å². The van der Waals surface area contributed by atoms with E-state index in [0.29, 0.717) is 5.16 Å². The molecule has 0 saturated carbocycles. The average molecular weight is 197 g/mol. The molecule has 1 atom stereocenters. The van der Waals surface area contributed by atoms with Crippen LogP contribution in [0, 0.1) is 0 Å². The zero-order valence-corrected chi connectivity index (χ0v) is 7.10. The monoisotopic (exact) mass is 196 g/mol. The smallest absolute Gasteiger partial charge is 0 e. The minimum atomic E-state index is 0. The molecule has 42 valence electrons. The predicted molar refractivity (Wildman–Crippen MR) is 29.5 cm³/mol. The Bertz CT molecular complexity index is 23.0. The first-order chi connectivity index (χ1) is 2.00. The van der Waals surface area contributed by atoms with E-state index in [1.807, 2.05) is 0 Å². The minimum absolute atomic E-state index is 0. The fourth-order valence-corrected chi connectivity index (χ4v) is 0. The second kappa shape index (κ2) is 3.14. The van der Waals surface area contributed by atoms with Gasteiger partial charge in [0.25, 0.3) is 0 Å². The third-order valence-corrected chi connectivity index (χ3v) is 0. The van der Waals surface area contributed by atoms with Crippen molar-refractivity contribution in [2.24, 2.45) is 0 Å². The molecule has 0 aliphatic rings. The molecule has 0 aliphatic heterocycles. The van der Waals surface area contributed by atoms with Crippen molar-refractivity contribution in [1.82, 2.24) is 0 Å². The molecule has 2 heteroatoms. The molecule has 0 aromatic heterocycles. The first kappa shape index (κ1) is 10.2. The summed E-state index contributed by atoms with van der Waals surface area (Å²) in [4.78, 5) is 0. The van der Waals surface area contributed by atoms with Crippen LogP contribution in [-0.4, -0.2) is 5.16 Å². The van der Waals surface area contributed by atoms with Gasteiger partial charge in [-0.3, -0.25) is 0 Å². The molecule has 0 fully saturated rings. The Labute approximate surface area is 55.9 Å². The summed E-state index contributed by atoms with van der Waals surface area (Å²) < 4.78 is 0. The second-order valence-electron chi connectivity index (χ2n) is 2.37. The van der Waals surface area contributed by atoms with Crippen molar-refractivity contribution in [2.45, 2.75) is 25.9 Å². The molecule has 0 heterocycles. The van der Waals surface area contributed by atoms with Crippen molar-refractivity contribution < 1.29 is 20.4 Å². The zero-order chi connectivity index (χ0) is 4.50. The summed E-state index contributed by atoms with van der Waals surface area (Å²) in [5.74, 6) is 0. The molecule has 0 aliphatic carbocycles. The average Bonchev–Trinajstić information content (AvgIpc) is 0.722. The largest absolute Gasteiger partial charge is 0.132 e. The number of hydrogen-bond acceptors (Lipinski definition) is 0. The molecular formula is C4H11PPd. The van der Waals surface area contributed by atoms with E-state index in [2.05, 4.69) is 30.0 Å². The minimum Gasteiger partial charge on any atom is -0.132 e. The van der Waals surface area contributed by atoms with Crippen molar-refractivity contribution in [2.75, 3.05) is 0 Å². The summed E-state index contributed by atoms with van der Waals surface area (Å²) in [5.41, 5.74) is 0. The fraction of sp³-hybridized carbons (Fsp3) is 1.00. The first-order valence-electron chi connectivity index (χ1n) is 1.79. The van der Waals surface area contributed by atoms with E-state index in [4.69, 9.17) is 0 Å². The van der Waals surface area contributed by atoms with E-state index in [1.165, 1.54) is 0 Å². The van der Waals surface area contributed by atoms with Crippen LogP contribution in [0.25, 0.3) is 0 Å². The molecular weight excluding hydrogens is 185 g/mol. The quantitative estimate of drug-likeness (QED) is 0.408. The van der Waals surface area contributed by atoms with Crippen molar-refractivity contribution in [3.63, 3.8) is 0 Å². The molecule has 0 N–H and O–H groups in total. The third-order valence-electron chi connectivity index (χ3n) is 0. The van der Waals surface area contributed by atoms with Crippen molar-refractivity contribution in [3.8, 4) is 0 Å². The van der Waals surface area contributed by atoms with Gasteiger partial charge in [-0.05, 0) is 5.16 Å². The summed E-state index contributed by atoms with van der Waals surface area (Å²) in [5, 5.41) is 0.417. The molecule has 0 bridgehead atoms. The van der Waals surface area contributed by atoms with E-state index in [0.717, 1.165) is 0 Å². The number of rotatable bonds is 0. The molecule has 0 aromatic rings. The fourth-order valence-electron chi connectivity index (χ4n) is 0. The normalized spacial score (nSPS) is 10.0. The molecule has 6 heavy (non-hydrogen) atoms. The summed E-state index contributed by atoms with van der Waals surface area (Å²) in [6.07, 6.45) is 0. The van der Waals surface area contributed by atoms with Gasteiger partial charge >= 0.3 is 0 Å². The van der Waals surface area contributed by atoms with E-state index < -0.39 is 0 Å². The van der Waals surface area contributed by atoms with Gasteiger partial charge in [0, 0.05) is 20.4 Å². The number of hydrogen-bond donors (Lipinski definition) is 0. The van der Waals surface area contributed by atoms with Gasteiger partial charge in [0.15, 0.2) is 0 Å². The SMILES string of the molecule is CC(C)(C)P.[Pd]. The van der Waals surface area contributed by atoms with Crippen LogP contribution in [0.15, 0.2) is 0 Å². The summed E-state index contributed by atoms with van der Waals surface area (Å²) >= 11 is 0. The van der Waals surface area contributed by atoms with Crippen LogP contribution < -0.4 is 0 Å². The molecule has 0 saturated heterocycles. The first-order valence-corrected chi connectivity index (χ1v) is 2.37. The van der Waals surface area contributed by atoms with Gasteiger partial charge < -0.3 is 0 Å². The van der Waals surface area contributed by atoms with E-state index >= 15 is 0 Å². The predicted octanol–water partition coefficient (Wildman–Crippen LogP) is 1.66. The summed E-state index contributed by atoms with van der Waals surface area (Å²) in [6.45, 7) is 6.45. The van der Waals surface area contributed by atoms with Crippen molar-refractivity contribution >= 4 is 9.24 Å². The Morgan fingerprint density at radius 3 is 1.17 bits per heavy atom. The molecule has 0 rings (SSSR count). The Hall–Kier alpha value is 1.09. The van der Waals surface area contributed by atoms with Gasteiger partial charge in [-0.1, -0.05) is 20.8 Å². The molecule has 0 nitrogen and oxygen atoms in total. The van der Waals surface area contributed by atoms with Crippen LogP contribution in [0.3, 0.4) is 0 Å². The standard InChI is InChI=1S/C4H11P.Pd/c1-4(2,3)5;/h5H2,1-3H3;. The van der Waals surface area contributed by atoms with Crippen LogP contribution in [0.1, 0.15) is 20.8 Å². The van der Waals surface area contributed by atoms with Gasteiger partial charge in [0.2, 0.25) is 0 Å². The topological polar surface area (TPSA) is 0 Å². The van der Waals surface area contributed by atoms with Crippen LogP contribution in [0.5, 0.6) is 0 Å². The van der Waals surface area contributed by atoms with Crippen LogP contribution in [0.4, 0.5) is 0 Å². The summed E-state index contributed by atoms with van der Waals surface area (Å²) in [7, 11) is 2.72. The van der Waals surface area contributed by atoms with Crippen LogP contribution >= 0.6 is 9.24 Å². The Morgan fingerprint density at radius 2 is 1.17 bits per heavy atom. The van der Waals surface area contributed by atoms with Gasteiger partial charge in [-0.2, -0.15) is 0 Å². The molecule has 0 spiro atoms. The van der Waals surface area contributed by atoms with Crippen molar-refractivity contribution in [1.29, 1.82) is 0 Å². The van der Waals surface area contributed by atoms with Crippen LogP contribution in [0.2, 0.25) is 0 Å². The van der Waals surface area contributed by atoms with E-state index in [9.17, 15) is 0 Å². The Kier molecular flexibility index (Phi) is 5.31. The third kappa shape index (κ3) is 71.5. The molecule has 0 amide bonds. The van der Waals surface area contributed by atoms with E-state index in [1.54, 1.807) is 0 Å². The Balaban J connectivity index is 0. The maximum Gasteiger partial charge on any atom is 0 e. The van der Waals surface area contributed by atoms with Gasteiger partial charge in [0.05, 0.1) is 0 Å². The molecule has 0 aromatic carbocycles. The zero-order valence-electron chi connectivity index (χ0n) is 4.39.